The average Bonchev–Trinajstić information content (AvgIpc) is 3.34. The first-order valence-electron chi connectivity index (χ1n) is 30.3. The molecule has 6 heteroatoms. The summed E-state index contributed by atoms with van der Waals surface area (Å²) in [5, 5.41) is 0. The van der Waals surface area contributed by atoms with Crippen molar-refractivity contribution in [2.75, 3.05) is 13.2 Å². The minimum absolute atomic E-state index is 0.0696. The Balaban J connectivity index is 4.24. The molecule has 0 rings (SSSR count). The minimum Gasteiger partial charge on any atom is -0.462 e. The number of ether oxygens (including phenoxy) is 3. The second-order valence-electron chi connectivity index (χ2n) is 20.6. The van der Waals surface area contributed by atoms with Crippen LogP contribution in [0.2, 0.25) is 0 Å². The molecule has 0 radical (unpaired) electrons. The Labute approximate surface area is 423 Å². The van der Waals surface area contributed by atoms with Gasteiger partial charge in [0.25, 0.3) is 0 Å². The smallest absolute Gasteiger partial charge is 0.306 e. The van der Waals surface area contributed by atoms with Gasteiger partial charge >= 0.3 is 17.9 Å². The summed E-state index contributed by atoms with van der Waals surface area (Å²) in [4.78, 5) is 38.1. The fraction of sp³-hybridized carbons (Fsp3) is 0.887. The summed E-state index contributed by atoms with van der Waals surface area (Å²) in [6.07, 6.45) is 67.5. The van der Waals surface area contributed by atoms with E-state index in [0.717, 1.165) is 64.2 Å². The van der Waals surface area contributed by atoms with Crippen LogP contribution in [0, 0.1) is 0 Å². The van der Waals surface area contributed by atoms with Crippen molar-refractivity contribution in [3.05, 3.63) is 24.3 Å². The van der Waals surface area contributed by atoms with Gasteiger partial charge in [-0.1, -0.05) is 270 Å². The Morgan fingerprint density at radius 1 is 0.279 bits per heavy atom. The standard InChI is InChI=1S/C62H116O6/c1-4-7-10-13-16-19-22-25-27-28-29-30-31-32-33-34-36-37-40-43-46-49-52-55-61(64)67-58-59(57-66-60(63)54-51-48-45-42-39-24-21-18-15-12-9-6-3)68-62(65)56-53-50-47-44-41-38-35-26-23-20-17-14-11-8-5-2/h18,21,28-29,59H,4-17,19-20,22-27,30-58H2,1-3H3/b21-18-,29-28-. The van der Waals surface area contributed by atoms with Crippen molar-refractivity contribution in [2.24, 2.45) is 0 Å². The first-order valence-corrected chi connectivity index (χ1v) is 30.3. The second kappa shape index (κ2) is 57.5. The van der Waals surface area contributed by atoms with Crippen LogP contribution in [-0.4, -0.2) is 37.2 Å². The van der Waals surface area contributed by atoms with Gasteiger partial charge in [0.2, 0.25) is 0 Å². The van der Waals surface area contributed by atoms with E-state index in [-0.39, 0.29) is 31.1 Å². The van der Waals surface area contributed by atoms with Gasteiger partial charge in [-0.05, 0) is 70.6 Å². The molecule has 0 aliphatic carbocycles. The number of hydrogen-bond acceptors (Lipinski definition) is 6. The Bertz CT molecular complexity index is 1100. The lowest BCUT2D eigenvalue weighted by molar-refractivity contribution is -0.167. The third kappa shape index (κ3) is 54.8. The molecule has 0 aromatic carbocycles. The van der Waals surface area contributed by atoms with Gasteiger partial charge in [0.1, 0.15) is 13.2 Å². The Morgan fingerprint density at radius 2 is 0.485 bits per heavy atom. The van der Waals surface area contributed by atoms with E-state index in [9.17, 15) is 14.4 Å². The van der Waals surface area contributed by atoms with Crippen LogP contribution in [0.15, 0.2) is 24.3 Å². The van der Waals surface area contributed by atoms with E-state index < -0.39 is 6.10 Å². The molecule has 0 bridgehead atoms. The predicted octanol–water partition coefficient (Wildman–Crippen LogP) is 20.3. The highest BCUT2D eigenvalue weighted by molar-refractivity contribution is 5.71. The highest BCUT2D eigenvalue weighted by Crippen LogP contribution is 2.17. The van der Waals surface area contributed by atoms with E-state index in [1.165, 1.54) is 231 Å². The van der Waals surface area contributed by atoms with Crippen LogP contribution in [0.3, 0.4) is 0 Å². The maximum Gasteiger partial charge on any atom is 0.306 e. The van der Waals surface area contributed by atoms with Crippen molar-refractivity contribution in [2.45, 2.75) is 341 Å². The lowest BCUT2D eigenvalue weighted by Gasteiger charge is -2.18. The topological polar surface area (TPSA) is 78.9 Å². The molecule has 0 heterocycles. The molecular formula is C62H116O6. The molecule has 0 aliphatic heterocycles. The Hall–Kier alpha value is -2.11. The van der Waals surface area contributed by atoms with Crippen LogP contribution in [0.5, 0.6) is 0 Å². The number of unbranched alkanes of at least 4 members (excludes halogenated alkanes) is 41. The Kier molecular flexibility index (Phi) is 55.7. The normalized spacial score (nSPS) is 12.1. The number of rotatable bonds is 56. The number of carbonyl (C=O) groups is 3. The van der Waals surface area contributed by atoms with E-state index in [1.807, 2.05) is 0 Å². The zero-order valence-electron chi connectivity index (χ0n) is 45.9. The van der Waals surface area contributed by atoms with E-state index in [0.29, 0.717) is 19.3 Å². The SMILES string of the molecule is CCCCC/C=C\CCCCCCCC(=O)OCC(COC(=O)CCCCCCCCCCCCC/C=C\CCCCCCCCCC)OC(=O)CCCCCCCCCCCCCCCCC. The number of esters is 3. The van der Waals surface area contributed by atoms with Crippen molar-refractivity contribution in [3.63, 3.8) is 0 Å². The van der Waals surface area contributed by atoms with Crippen molar-refractivity contribution in [3.8, 4) is 0 Å². The van der Waals surface area contributed by atoms with Gasteiger partial charge in [-0.15, -0.1) is 0 Å². The van der Waals surface area contributed by atoms with Crippen LogP contribution in [0.4, 0.5) is 0 Å². The third-order valence-corrected chi connectivity index (χ3v) is 13.7. The molecule has 1 unspecified atom stereocenters. The van der Waals surface area contributed by atoms with Crippen LogP contribution < -0.4 is 0 Å². The highest BCUT2D eigenvalue weighted by Gasteiger charge is 2.19. The van der Waals surface area contributed by atoms with E-state index in [4.69, 9.17) is 14.2 Å². The summed E-state index contributed by atoms with van der Waals surface area (Å²) in [5.41, 5.74) is 0. The summed E-state index contributed by atoms with van der Waals surface area (Å²) in [6.45, 7) is 6.66. The first kappa shape index (κ1) is 65.9. The van der Waals surface area contributed by atoms with Crippen LogP contribution in [0.25, 0.3) is 0 Å². The van der Waals surface area contributed by atoms with E-state index in [1.54, 1.807) is 0 Å². The Morgan fingerprint density at radius 3 is 0.765 bits per heavy atom. The molecule has 6 nitrogen and oxygen atoms in total. The predicted molar refractivity (Wildman–Crippen MR) is 293 cm³/mol. The molecule has 0 aliphatic rings. The molecule has 0 aromatic rings. The summed E-state index contributed by atoms with van der Waals surface area (Å²) in [7, 11) is 0. The lowest BCUT2D eigenvalue weighted by atomic mass is 10.0. The van der Waals surface area contributed by atoms with Crippen molar-refractivity contribution >= 4 is 17.9 Å². The molecule has 400 valence electrons. The van der Waals surface area contributed by atoms with Gasteiger partial charge in [0.15, 0.2) is 6.10 Å². The molecule has 0 aromatic heterocycles. The second-order valence-corrected chi connectivity index (χ2v) is 20.6. The number of allylic oxidation sites excluding steroid dienone is 4. The largest absolute Gasteiger partial charge is 0.462 e. The fourth-order valence-electron chi connectivity index (χ4n) is 9.08. The zero-order valence-corrected chi connectivity index (χ0v) is 45.9. The summed E-state index contributed by atoms with van der Waals surface area (Å²) >= 11 is 0. The maximum atomic E-state index is 12.8. The maximum absolute atomic E-state index is 12.8. The zero-order chi connectivity index (χ0) is 49.3. The molecule has 0 N–H and O–H groups in total. The molecule has 68 heavy (non-hydrogen) atoms. The fourth-order valence-corrected chi connectivity index (χ4v) is 9.08. The van der Waals surface area contributed by atoms with Gasteiger partial charge in [0.05, 0.1) is 0 Å². The van der Waals surface area contributed by atoms with Gasteiger partial charge in [-0.25, -0.2) is 0 Å². The van der Waals surface area contributed by atoms with Crippen molar-refractivity contribution in [1.29, 1.82) is 0 Å². The van der Waals surface area contributed by atoms with Gasteiger partial charge in [-0.2, -0.15) is 0 Å². The third-order valence-electron chi connectivity index (χ3n) is 13.7. The highest BCUT2D eigenvalue weighted by atomic mass is 16.6. The monoisotopic (exact) mass is 957 g/mol. The van der Waals surface area contributed by atoms with E-state index >= 15 is 0 Å². The van der Waals surface area contributed by atoms with Gasteiger partial charge < -0.3 is 14.2 Å². The molecule has 0 spiro atoms. The molecule has 0 saturated heterocycles. The molecular weight excluding hydrogens is 841 g/mol. The lowest BCUT2D eigenvalue weighted by Crippen LogP contribution is -2.30. The quantitative estimate of drug-likeness (QED) is 0.0262. The average molecular weight is 958 g/mol. The number of hydrogen-bond donors (Lipinski definition) is 0. The van der Waals surface area contributed by atoms with Gasteiger partial charge in [-0.3, -0.25) is 14.4 Å². The van der Waals surface area contributed by atoms with Crippen LogP contribution >= 0.6 is 0 Å². The molecule has 0 amide bonds. The number of carbonyl (C=O) groups excluding carboxylic acids is 3. The molecule has 1 atom stereocenters. The van der Waals surface area contributed by atoms with E-state index in [2.05, 4.69) is 45.1 Å². The summed E-state index contributed by atoms with van der Waals surface area (Å²) in [6, 6.07) is 0. The van der Waals surface area contributed by atoms with Crippen LogP contribution in [0.1, 0.15) is 335 Å². The first-order chi connectivity index (χ1) is 33.5. The summed E-state index contributed by atoms with van der Waals surface area (Å²) in [5.74, 6) is -0.858. The van der Waals surface area contributed by atoms with Crippen LogP contribution in [-0.2, 0) is 28.6 Å². The molecule has 0 saturated carbocycles. The summed E-state index contributed by atoms with van der Waals surface area (Å²) < 4.78 is 16.9. The minimum atomic E-state index is -0.770. The van der Waals surface area contributed by atoms with Crippen molar-refractivity contribution < 1.29 is 28.6 Å². The van der Waals surface area contributed by atoms with Crippen molar-refractivity contribution in [1.82, 2.24) is 0 Å². The van der Waals surface area contributed by atoms with Gasteiger partial charge in [0, 0.05) is 19.3 Å². The molecule has 0 fully saturated rings.